The standard InChI is InChI=1S/C30H43N3O7/c1-17(31-19(3)27-21(34)11-29(5,6)12-22(27)35)15-33(25(38)9-10-26(39)40)16-18(2)32-20(4)28-23(36)13-30(7,8)14-24(28)37/h9-10,17-18,34,36H,11-16H2,1-8H3,(H,39,40). The molecule has 1 amide bonds. The highest BCUT2D eigenvalue weighted by Crippen LogP contribution is 2.37. The summed E-state index contributed by atoms with van der Waals surface area (Å²) in [6, 6.07) is -0.979. The zero-order valence-corrected chi connectivity index (χ0v) is 24.9. The first-order valence-electron chi connectivity index (χ1n) is 13.5. The van der Waals surface area contributed by atoms with Crippen molar-refractivity contribution in [1.29, 1.82) is 0 Å². The van der Waals surface area contributed by atoms with Crippen LogP contribution in [0, 0.1) is 10.8 Å². The molecule has 220 valence electrons. The molecule has 3 N–H and O–H groups in total. The molecule has 10 nitrogen and oxygen atoms in total. The van der Waals surface area contributed by atoms with Crippen LogP contribution >= 0.6 is 0 Å². The van der Waals surface area contributed by atoms with Gasteiger partial charge in [0.15, 0.2) is 11.6 Å². The fourth-order valence-electron chi connectivity index (χ4n) is 5.41. The highest BCUT2D eigenvalue weighted by Gasteiger charge is 2.35. The van der Waals surface area contributed by atoms with Gasteiger partial charge in [0.25, 0.3) is 0 Å². The Bertz CT molecular complexity index is 1140. The number of hydrogen-bond acceptors (Lipinski definition) is 8. The van der Waals surface area contributed by atoms with Crippen LogP contribution in [0.25, 0.3) is 0 Å². The maximum Gasteiger partial charge on any atom is 0.328 e. The van der Waals surface area contributed by atoms with Crippen LogP contribution in [0.5, 0.6) is 0 Å². The smallest absolute Gasteiger partial charge is 0.328 e. The average molecular weight is 558 g/mol. The number of Topliss-reactive ketones (excluding diaryl/α,β-unsaturated/α-hetero) is 2. The molecule has 2 aliphatic rings. The predicted molar refractivity (Wildman–Crippen MR) is 154 cm³/mol. The van der Waals surface area contributed by atoms with E-state index in [1.165, 1.54) is 4.90 Å². The lowest BCUT2D eigenvalue weighted by atomic mass is 9.76. The summed E-state index contributed by atoms with van der Waals surface area (Å²) in [5, 5.41) is 30.0. The quantitative estimate of drug-likeness (QED) is 0.262. The van der Waals surface area contributed by atoms with Crippen molar-refractivity contribution in [2.24, 2.45) is 20.8 Å². The summed E-state index contributed by atoms with van der Waals surface area (Å²) in [5.74, 6) is -2.18. The second-order valence-electron chi connectivity index (χ2n) is 12.6. The molecule has 0 fully saturated rings. The summed E-state index contributed by atoms with van der Waals surface area (Å²) in [7, 11) is 0. The molecular weight excluding hydrogens is 514 g/mol. The van der Waals surface area contributed by atoms with Gasteiger partial charge in [0.05, 0.1) is 23.2 Å². The molecule has 0 saturated heterocycles. The van der Waals surface area contributed by atoms with E-state index in [1.54, 1.807) is 27.7 Å². The van der Waals surface area contributed by atoms with Crippen LogP contribution in [-0.2, 0) is 19.2 Å². The van der Waals surface area contributed by atoms with E-state index in [0.29, 0.717) is 37.1 Å². The van der Waals surface area contributed by atoms with Crippen molar-refractivity contribution in [2.75, 3.05) is 13.1 Å². The fraction of sp³-hybridized carbons (Fsp3) is 0.600. The van der Waals surface area contributed by atoms with Gasteiger partial charge in [0, 0.05) is 62.3 Å². The predicted octanol–water partition coefficient (Wildman–Crippen LogP) is 4.56. The molecule has 0 saturated carbocycles. The Morgan fingerprint density at radius 2 is 1.18 bits per heavy atom. The average Bonchev–Trinajstić information content (AvgIpc) is 2.73. The topological polar surface area (TPSA) is 157 Å². The first-order valence-corrected chi connectivity index (χ1v) is 13.5. The largest absolute Gasteiger partial charge is 0.511 e. The number of allylic oxidation sites excluding steroid dienone is 4. The van der Waals surface area contributed by atoms with E-state index in [1.807, 2.05) is 27.7 Å². The molecule has 2 rings (SSSR count). The highest BCUT2D eigenvalue weighted by atomic mass is 16.4. The number of carboxylic acids is 1. The van der Waals surface area contributed by atoms with Gasteiger partial charge in [-0.25, -0.2) is 4.79 Å². The third kappa shape index (κ3) is 8.99. The summed E-state index contributed by atoms with van der Waals surface area (Å²) in [6.45, 7) is 14.6. The van der Waals surface area contributed by atoms with E-state index < -0.39 is 24.0 Å². The molecule has 0 aromatic rings. The van der Waals surface area contributed by atoms with Gasteiger partial charge < -0.3 is 20.2 Å². The van der Waals surface area contributed by atoms with Crippen molar-refractivity contribution >= 4 is 34.9 Å². The molecule has 2 aliphatic carbocycles. The maximum atomic E-state index is 12.9. The van der Waals surface area contributed by atoms with Crippen molar-refractivity contribution < 1.29 is 34.5 Å². The van der Waals surface area contributed by atoms with Crippen LogP contribution < -0.4 is 0 Å². The van der Waals surface area contributed by atoms with Crippen molar-refractivity contribution in [3.8, 4) is 0 Å². The number of rotatable bonds is 10. The molecule has 10 heteroatoms. The lowest BCUT2D eigenvalue weighted by Gasteiger charge is -2.30. The van der Waals surface area contributed by atoms with E-state index in [-0.39, 0.29) is 58.2 Å². The lowest BCUT2D eigenvalue weighted by Crippen LogP contribution is -2.40. The first kappa shape index (κ1) is 32.7. The van der Waals surface area contributed by atoms with Crippen LogP contribution in [0.2, 0.25) is 0 Å². The SMILES string of the molecule is CC(=NC(C)CN(CC(C)N=C(C)C1=C(O)CC(C)(C)CC1=O)C(=O)C=CC(=O)O)C1=C(O)CC(C)(C)CC1=O. The van der Waals surface area contributed by atoms with Crippen LogP contribution in [0.4, 0.5) is 0 Å². The Morgan fingerprint density at radius 3 is 1.50 bits per heavy atom. The van der Waals surface area contributed by atoms with Crippen molar-refractivity contribution in [3.63, 3.8) is 0 Å². The molecule has 0 aliphatic heterocycles. The second-order valence-corrected chi connectivity index (χ2v) is 12.6. The van der Waals surface area contributed by atoms with Crippen molar-refractivity contribution in [1.82, 2.24) is 4.90 Å². The molecule has 0 bridgehead atoms. The summed E-state index contributed by atoms with van der Waals surface area (Å²) < 4.78 is 0. The minimum Gasteiger partial charge on any atom is -0.511 e. The number of carbonyl (C=O) groups excluding carboxylic acids is 3. The number of ketones is 2. The van der Waals surface area contributed by atoms with Crippen LogP contribution in [0.1, 0.15) is 81.1 Å². The van der Waals surface area contributed by atoms with Gasteiger partial charge in [0.1, 0.15) is 11.5 Å². The van der Waals surface area contributed by atoms with Crippen LogP contribution in [0.3, 0.4) is 0 Å². The molecule has 0 aromatic carbocycles. The summed E-state index contributed by atoms with van der Waals surface area (Å²) >= 11 is 0. The third-order valence-electron chi connectivity index (χ3n) is 6.91. The van der Waals surface area contributed by atoms with Gasteiger partial charge >= 0.3 is 5.97 Å². The molecule has 0 aromatic heterocycles. The number of carboxylic acid groups (broad SMARTS) is 1. The Balaban J connectivity index is 2.28. The Kier molecular flexibility index (Phi) is 10.4. The Morgan fingerprint density at radius 1 is 0.800 bits per heavy atom. The van der Waals surface area contributed by atoms with Gasteiger partial charge in [0.2, 0.25) is 5.91 Å². The van der Waals surface area contributed by atoms with E-state index in [9.17, 15) is 29.4 Å². The summed E-state index contributed by atoms with van der Waals surface area (Å²) in [5.41, 5.74) is 0.491. The molecule has 0 spiro atoms. The number of carbonyl (C=O) groups is 4. The Hall–Kier alpha value is -3.56. The van der Waals surface area contributed by atoms with Gasteiger partial charge in [-0.2, -0.15) is 0 Å². The number of amides is 1. The maximum absolute atomic E-state index is 12.9. The first-order chi connectivity index (χ1) is 18.3. The minimum absolute atomic E-state index is 0.00339. The molecular formula is C30H43N3O7. The van der Waals surface area contributed by atoms with Crippen LogP contribution in [-0.4, -0.2) is 80.3 Å². The van der Waals surface area contributed by atoms with E-state index in [0.717, 1.165) is 12.2 Å². The van der Waals surface area contributed by atoms with Crippen molar-refractivity contribution in [3.05, 3.63) is 34.8 Å². The van der Waals surface area contributed by atoms with E-state index in [2.05, 4.69) is 9.98 Å². The van der Waals surface area contributed by atoms with Gasteiger partial charge in [-0.1, -0.05) is 27.7 Å². The van der Waals surface area contributed by atoms with Gasteiger partial charge in [-0.15, -0.1) is 0 Å². The van der Waals surface area contributed by atoms with E-state index in [4.69, 9.17) is 5.11 Å². The number of aliphatic imine (C=N–C) groups is 2. The Labute approximate surface area is 236 Å². The molecule has 0 radical (unpaired) electrons. The highest BCUT2D eigenvalue weighted by molar-refractivity contribution is 6.23. The summed E-state index contributed by atoms with van der Waals surface area (Å²) in [4.78, 5) is 59.8. The summed E-state index contributed by atoms with van der Waals surface area (Å²) in [6.07, 6.45) is 3.01. The monoisotopic (exact) mass is 557 g/mol. The second kappa shape index (κ2) is 12.7. The zero-order valence-electron chi connectivity index (χ0n) is 24.9. The number of nitrogens with zero attached hydrogens (tertiary/aromatic N) is 3. The van der Waals surface area contributed by atoms with E-state index >= 15 is 0 Å². The minimum atomic E-state index is -1.26. The zero-order chi connectivity index (χ0) is 30.6. The normalized spacial score (nSPS) is 21.6. The fourth-order valence-corrected chi connectivity index (χ4v) is 5.41. The van der Waals surface area contributed by atoms with Gasteiger partial charge in [-0.3, -0.25) is 24.4 Å². The lowest BCUT2D eigenvalue weighted by molar-refractivity contribution is -0.132. The molecule has 40 heavy (non-hydrogen) atoms. The third-order valence-corrected chi connectivity index (χ3v) is 6.91. The molecule has 2 atom stereocenters. The molecule has 2 unspecified atom stereocenters. The molecule has 0 heterocycles. The van der Waals surface area contributed by atoms with Crippen LogP contribution in [0.15, 0.2) is 44.8 Å². The number of aliphatic hydroxyl groups is 2. The number of aliphatic carboxylic acids is 1. The number of aliphatic hydroxyl groups excluding tert-OH is 2. The number of hydrogen-bond donors (Lipinski definition) is 3. The van der Waals surface area contributed by atoms with Gasteiger partial charge in [-0.05, 0) is 38.5 Å². The van der Waals surface area contributed by atoms with Crippen molar-refractivity contribution in [2.45, 2.75) is 93.2 Å².